The number of para-hydroxylation sites is 1. The SMILES string of the molecule is O=C(CSc1n[nH]c(-c2ccccc2)n1)Nc1ccccc1C(=O)NCc1ccco1. The van der Waals surface area contributed by atoms with E-state index in [2.05, 4.69) is 25.8 Å². The molecule has 0 atom stereocenters. The van der Waals surface area contributed by atoms with Crippen molar-refractivity contribution in [3.8, 4) is 11.4 Å². The molecule has 0 saturated heterocycles. The Morgan fingerprint density at radius 2 is 1.81 bits per heavy atom. The summed E-state index contributed by atoms with van der Waals surface area (Å²) in [6.07, 6.45) is 1.55. The number of H-pyrrole nitrogens is 1. The van der Waals surface area contributed by atoms with Crippen molar-refractivity contribution in [2.24, 2.45) is 0 Å². The van der Waals surface area contributed by atoms with E-state index in [1.54, 1.807) is 42.7 Å². The zero-order valence-corrected chi connectivity index (χ0v) is 17.2. The van der Waals surface area contributed by atoms with E-state index in [4.69, 9.17) is 4.42 Å². The van der Waals surface area contributed by atoms with Crippen molar-refractivity contribution in [1.29, 1.82) is 0 Å². The van der Waals surface area contributed by atoms with Gasteiger partial charge in [0.15, 0.2) is 5.82 Å². The quantitative estimate of drug-likeness (QED) is 0.365. The first kappa shape index (κ1) is 20.4. The maximum atomic E-state index is 12.5. The molecule has 0 fully saturated rings. The number of nitrogens with one attached hydrogen (secondary N) is 3. The van der Waals surface area contributed by atoms with Gasteiger partial charge < -0.3 is 15.1 Å². The predicted octanol–water partition coefficient (Wildman–Crippen LogP) is 3.73. The number of hydrogen-bond donors (Lipinski definition) is 3. The minimum absolute atomic E-state index is 0.106. The van der Waals surface area contributed by atoms with Gasteiger partial charge in [-0.1, -0.05) is 54.2 Å². The van der Waals surface area contributed by atoms with E-state index in [0.717, 1.165) is 5.56 Å². The van der Waals surface area contributed by atoms with E-state index in [1.807, 2.05) is 30.3 Å². The van der Waals surface area contributed by atoms with E-state index < -0.39 is 0 Å². The number of thioether (sulfide) groups is 1. The van der Waals surface area contributed by atoms with Crippen molar-refractivity contribution < 1.29 is 14.0 Å². The first-order valence-corrected chi connectivity index (χ1v) is 10.5. The number of amides is 2. The number of hydrogen-bond acceptors (Lipinski definition) is 6. The molecule has 0 unspecified atom stereocenters. The second-order valence-corrected chi connectivity index (χ2v) is 7.42. The lowest BCUT2D eigenvalue weighted by Gasteiger charge is -2.10. The number of anilines is 1. The summed E-state index contributed by atoms with van der Waals surface area (Å²) in [4.78, 5) is 29.4. The van der Waals surface area contributed by atoms with E-state index >= 15 is 0 Å². The number of nitrogens with zero attached hydrogens (tertiary/aromatic N) is 2. The number of carbonyl (C=O) groups is 2. The number of aromatic amines is 1. The first-order chi connectivity index (χ1) is 15.2. The van der Waals surface area contributed by atoms with E-state index in [0.29, 0.717) is 28.0 Å². The smallest absolute Gasteiger partial charge is 0.253 e. The molecule has 0 saturated carbocycles. The van der Waals surface area contributed by atoms with Crippen LogP contribution in [0.1, 0.15) is 16.1 Å². The molecule has 0 aliphatic heterocycles. The number of aromatic nitrogens is 3. The van der Waals surface area contributed by atoms with Crippen LogP contribution < -0.4 is 10.6 Å². The molecule has 2 amide bonds. The third kappa shape index (κ3) is 5.40. The van der Waals surface area contributed by atoms with Crippen LogP contribution in [0, 0.1) is 0 Å². The molecule has 31 heavy (non-hydrogen) atoms. The molecule has 156 valence electrons. The Hall–Kier alpha value is -3.85. The van der Waals surface area contributed by atoms with Gasteiger partial charge in [-0.25, -0.2) is 4.98 Å². The van der Waals surface area contributed by atoms with Crippen LogP contribution in [-0.2, 0) is 11.3 Å². The number of benzene rings is 2. The topological polar surface area (TPSA) is 113 Å². The van der Waals surface area contributed by atoms with Crippen LogP contribution in [0.15, 0.2) is 82.6 Å². The molecular formula is C22H19N5O3S. The van der Waals surface area contributed by atoms with Gasteiger partial charge in [-0.15, -0.1) is 5.10 Å². The molecule has 0 aliphatic rings. The second kappa shape index (κ2) is 9.77. The number of furan rings is 1. The van der Waals surface area contributed by atoms with Crippen molar-refractivity contribution in [1.82, 2.24) is 20.5 Å². The van der Waals surface area contributed by atoms with Crippen molar-refractivity contribution in [3.05, 3.63) is 84.3 Å². The molecular weight excluding hydrogens is 414 g/mol. The maximum Gasteiger partial charge on any atom is 0.253 e. The molecule has 0 spiro atoms. The fourth-order valence-electron chi connectivity index (χ4n) is 2.82. The van der Waals surface area contributed by atoms with Gasteiger partial charge in [-0.3, -0.25) is 14.7 Å². The highest BCUT2D eigenvalue weighted by Gasteiger charge is 2.14. The minimum Gasteiger partial charge on any atom is -0.467 e. The zero-order chi connectivity index (χ0) is 21.5. The average molecular weight is 433 g/mol. The Morgan fingerprint density at radius 1 is 1.00 bits per heavy atom. The van der Waals surface area contributed by atoms with Crippen LogP contribution in [0.3, 0.4) is 0 Å². The standard InChI is InChI=1S/C22H19N5O3S/c28-19(14-31-22-25-20(26-27-22)15-7-2-1-3-8-15)24-18-11-5-4-10-17(18)21(29)23-13-16-9-6-12-30-16/h1-12H,13-14H2,(H,23,29)(H,24,28)(H,25,26,27). The normalized spacial score (nSPS) is 10.6. The average Bonchev–Trinajstić information content (AvgIpc) is 3.49. The van der Waals surface area contributed by atoms with Crippen LogP contribution in [0.2, 0.25) is 0 Å². The van der Waals surface area contributed by atoms with Gasteiger partial charge in [0.1, 0.15) is 5.76 Å². The maximum absolute atomic E-state index is 12.5. The Bertz CT molecular complexity index is 1160. The van der Waals surface area contributed by atoms with Crippen LogP contribution in [-0.4, -0.2) is 32.7 Å². The summed E-state index contributed by atoms with van der Waals surface area (Å²) < 4.78 is 5.22. The molecule has 4 rings (SSSR count). The van der Waals surface area contributed by atoms with Crippen LogP contribution >= 0.6 is 11.8 Å². The molecule has 3 N–H and O–H groups in total. The van der Waals surface area contributed by atoms with Gasteiger partial charge in [0, 0.05) is 5.56 Å². The molecule has 4 aromatic rings. The summed E-state index contributed by atoms with van der Waals surface area (Å²) in [6.45, 7) is 0.262. The van der Waals surface area contributed by atoms with Gasteiger partial charge in [0.05, 0.1) is 29.8 Å². The summed E-state index contributed by atoms with van der Waals surface area (Å²) in [5.41, 5.74) is 1.72. The van der Waals surface area contributed by atoms with Crippen molar-refractivity contribution in [2.75, 3.05) is 11.1 Å². The van der Waals surface area contributed by atoms with Gasteiger partial charge in [0.25, 0.3) is 5.91 Å². The van der Waals surface area contributed by atoms with Crippen LogP contribution in [0.4, 0.5) is 5.69 Å². The lowest BCUT2D eigenvalue weighted by molar-refractivity contribution is -0.113. The van der Waals surface area contributed by atoms with Gasteiger partial charge in [-0.05, 0) is 24.3 Å². The summed E-state index contributed by atoms with van der Waals surface area (Å²) in [5, 5.41) is 13.0. The molecule has 0 aliphatic carbocycles. The molecule has 2 heterocycles. The lowest BCUT2D eigenvalue weighted by atomic mass is 10.1. The largest absolute Gasteiger partial charge is 0.467 e. The van der Waals surface area contributed by atoms with Crippen molar-refractivity contribution in [3.63, 3.8) is 0 Å². The summed E-state index contributed by atoms with van der Waals surface area (Å²) in [5.74, 6) is 0.826. The minimum atomic E-state index is -0.304. The van der Waals surface area contributed by atoms with E-state index in [-0.39, 0.29) is 24.1 Å². The summed E-state index contributed by atoms with van der Waals surface area (Å²) >= 11 is 1.21. The zero-order valence-electron chi connectivity index (χ0n) is 16.4. The molecule has 2 aromatic carbocycles. The Balaban J connectivity index is 1.34. The highest BCUT2D eigenvalue weighted by Crippen LogP contribution is 2.20. The number of rotatable bonds is 8. The predicted molar refractivity (Wildman–Crippen MR) is 117 cm³/mol. The summed E-state index contributed by atoms with van der Waals surface area (Å²) in [6, 6.07) is 20.0. The highest BCUT2D eigenvalue weighted by atomic mass is 32.2. The number of carbonyl (C=O) groups excluding carboxylic acids is 2. The molecule has 2 aromatic heterocycles. The Morgan fingerprint density at radius 3 is 2.61 bits per heavy atom. The van der Waals surface area contributed by atoms with Crippen molar-refractivity contribution in [2.45, 2.75) is 11.7 Å². The molecule has 9 heteroatoms. The second-order valence-electron chi connectivity index (χ2n) is 6.48. The fraction of sp³-hybridized carbons (Fsp3) is 0.0909. The highest BCUT2D eigenvalue weighted by molar-refractivity contribution is 7.99. The van der Waals surface area contributed by atoms with E-state index in [9.17, 15) is 9.59 Å². The Kier molecular flexibility index (Phi) is 6.44. The van der Waals surface area contributed by atoms with Crippen LogP contribution in [0.5, 0.6) is 0 Å². The Labute approximate surface area is 182 Å². The third-order valence-electron chi connectivity index (χ3n) is 4.29. The van der Waals surface area contributed by atoms with Crippen LogP contribution in [0.25, 0.3) is 11.4 Å². The lowest BCUT2D eigenvalue weighted by Crippen LogP contribution is -2.25. The van der Waals surface area contributed by atoms with E-state index in [1.165, 1.54) is 11.8 Å². The fourth-order valence-corrected chi connectivity index (χ4v) is 3.42. The van der Waals surface area contributed by atoms with Gasteiger partial charge in [0.2, 0.25) is 11.1 Å². The van der Waals surface area contributed by atoms with Gasteiger partial charge in [-0.2, -0.15) is 0 Å². The molecule has 8 nitrogen and oxygen atoms in total. The first-order valence-electron chi connectivity index (χ1n) is 9.49. The van der Waals surface area contributed by atoms with Gasteiger partial charge >= 0.3 is 0 Å². The third-order valence-corrected chi connectivity index (χ3v) is 5.14. The molecule has 0 bridgehead atoms. The monoisotopic (exact) mass is 433 g/mol. The van der Waals surface area contributed by atoms with Crippen molar-refractivity contribution >= 4 is 29.3 Å². The molecule has 0 radical (unpaired) electrons. The summed E-state index contributed by atoms with van der Waals surface area (Å²) in [7, 11) is 0.